The number of esters is 1. The van der Waals surface area contributed by atoms with E-state index in [2.05, 4.69) is 4.74 Å². The molecule has 7 heteroatoms. The molecule has 1 aromatic heterocycles. The largest absolute Gasteiger partial charge is 0.469 e. The SMILES string of the molecule is COC(=O)CCCCCc1nn(-c2ccc([N+](=O)[O-])cc2)c2c1CCCC2. The molecule has 0 saturated carbocycles. The van der Waals surface area contributed by atoms with Crippen molar-refractivity contribution in [3.8, 4) is 5.69 Å². The zero-order valence-corrected chi connectivity index (χ0v) is 15.6. The van der Waals surface area contributed by atoms with Gasteiger partial charge in [0.15, 0.2) is 0 Å². The van der Waals surface area contributed by atoms with Crippen LogP contribution in [-0.4, -0.2) is 27.8 Å². The fourth-order valence-electron chi connectivity index (χ4n) is 3.65. The number of non-ortho nitro benzene ring substituents is 1. The molecule has 0 atom stereocenters. The van der Waals surface area contributed by atoms with E-state index in [1.54, 1.807) is 12.1 Å². The molecular weight excluding hydrogens is 346 g/mol. The lowest BCUT2D eigenvalue weighted by atomic mass is 9.94. The third-order valence-electron chi connectivity index (χ3n) is 5.09. The number of fused-ring (bicyclic) bond motifs is 1. The lowest BCUT2D eigenvalue weighted by Crippen LogP contribution is -2.07. The number of hydrogen-bond donors (Lipinski definition) is 0. The molecule has 0 aliphatic heterocycles. The van der Waals surface area contributed by atoms with Crippen LogP contribution in [-0.2, 0) is 28.8 Å². The molecule has 0 radical (unpaired) electrons. The molecule has 1 heterocycles. The first-order valence-corrected chi connectivity index (χ1v) is 9.51. The summed E-state index contributed by atoms with van der Waals surface area (Å²) in [6.45, 7) is 0. The molecule has 2 aromatic rings. The number of nitro benzene ring substituents is 1. The first kappa shape index (κ1) is 19.1. The molecule has 0 unspecified atom stereocenters. The summed E-state index contributed by atoms with van der Waals surface area (Å²) in [4.78, 5) is 21.7. The Kier molecular flexibility index (Phi) is 6.21. The Morgan fingerprint density at radius 2 is 1.93 bits per heavy atom. The van der Waals surface area contributed by atoms with Gasteiger partial charge >= 0.3 is 5.97 Å². The number of aryl methyl sites for hydroxylation is 1. The van der Waals surface area contributed by atoms with Crippen LogP contribution in [0, 0.1) is 10.1 Å². The predicted octanol–water partition coefficient (Wildman–Crippen LogP) is 3.94. The van der Waals surface area contributed by atoms with Crippen LogP contribution in [0.25, 0.3) is 5.69 Å². The van der Waals surface area contributed by atoms with Crippen LogP contribution in [0.5, 0.6) is 0 Å². The van der Waals surface area contributed by atoms with Gasteiger partial charge in [-0.15, -0.1) is 0 Å². The van der Waals surface area contributed by atoms with Crippen molar-refractivity contribution in [3.05, 3.63) is 51.3 Å². The van der Waals surface area contributed by atoms with Gasteiger partial charge in [0.1, 0.15) is 0 Å². The highest BCUT2D eigenvalue weighted by Gasteiger charge is 2.21. The summed E-state index contributed by atoms with van der Waals surface area (Å²) in [5.74, 6) is -0.158. The second-order valence-electron chi connectivity index (χ2n) is 6.90. The minimum absolute atomic E-state index is 0.0885. The lowest BCUT2D eigenvalue weighted by Gasteiger charge is -2.14. The van der Waals surface area contributed by atoms with E-state index in [-0.39, 0.29) is 16.6 Å². The van der Waals surface area contributed by atoms with Crippen LogP contribution in [0.2, 0.25) is 0 Å². The molecule has 0 bridgehead atoms. The zero-order chi connectivity index (χ0) is 19.2. The highest BCUT2D eigenvalue weighted by Crippen LogP contribution is 2.28. The number of methoxy groups -OCH3 is 1. The van der Waals surface area contributed by atoms with Gasteiger partial charge in [-0.05, 0) is 62.6 Å². The van der Waals surface area contributed by atoms with Gasteiger partial charge in [0.05, 0.1) is 23.4 Å². The summed E-state index contributed by atoms with van der Waals surface area (Å²) in [6.07, 6.45) is 8.49. The smallest absolute Gasteiger partial charge is 0.305 e. The maximum atomic E-state index is 11.2. The first-order chi connectivity index (χ1) is 13.1. The minimum atomic E-state index is -0.387. The molecule has 0 amide bonds. The number of carbonyl (C=O) groups excluding carboxylic acids is 1. The highest BCUT2D eigenvalue weighted by atomic mass is 16.6. The van der Waals surface area contributed by atoms with Crippen molar-refractivity contribution >= 4 is 11.7 Å². The summed E-state index contributed by atoms with van der Waals surface area (Å²) in [7, 11) is 1.42. The van der Waals surface area contributed by atoms with Gasteiger partial charge in [0.2, 0.25) is 0 Å². The molecule has 0 spiro atoms. The van der Waals surface area contributed by atoms with Crippen LogP contribution >= 0.6 is 0 Å². The van der Waals surface area contributed by atoms with Crippen molar-refractivity contribution in [2.75, 3.05) is 7.11 Å². The molecule has 1 aromatic carbocycles. The van der Waals surface area contributed by atoms with Gasteiger partial charge in [-0.3, -0.25) is 14.9 Å². The quantitative estimate of drug-likeness (QED) is 0.304. The second kappa shape index (κ2) is 8.79. The number of rotatable bonds is 8. The van der Waals surface area contributed by atoms with E-state index in [4.69, 9.17) is 5.10 Å². The third kappa shape index (κ3) is 4.53. The summed E-state index contributed by atoms with van der Waals surface area (Å²) in [5, 5.41) is 15.7. The molecule has 1 aliphatic rings. The summed E-state index contributed by atoms with van der Waals surface area (Å²) in [5.41, 5.74) is 4.66. The van der Waals surface area contributed by atoms with Crippen LogP contribution in [0.15, 0.2) is 24.3 Å². The van der Waals surface area contributed by atoms with E-state index in [9.17, 15) is 14.9 Å². The fourth-order valence-corrected chi connectivity index (χ4v) is 3.65. The average Bonchev–Trinajstić information content (AvgIpc) is 3.06. The third-order valence-corrected chi connectivity index (χ3v) is 5.09. The van der Waals surface area contributed by atoms with Crippen molar-refractivity contribution in [1.29, 1.82) is 0 Å². The highest BCUT2D eigenvalue weighted by molar-refractivity contribution is 5.68. The van der Waals surface area contributed by atoms with Gasteiger partial charge in [-0.25, -0.2) is 4.68 Å². The Morgan fingerprint density at radius 3 is 2.63 bits per heavy atom. The molecule has 27 heavy (non-hydrogen) atoms. The topological polar surface area (TPSA) is 87.3 Å². The Balaban J connectivity index is 1.72. The fraction of sp³-hybridized carbons (Fsp3) is 0.500. The molecule has 3 rings (SSSR count). The molecule has 0 saturated heterocycles. The molecule has 7 nitrogen and oxygen atoms in total. The number of unbranched alkanes of at least 4 members (excludes halogenated alkanes) is 2. The van der Waals surface area contributed by atoms with E-state index in [0.717, 1.165) is 56.3 Å². The van der Waals surface area contributed by atoms with Crippen molar-refractivity contribution in [3.63, 3.8) is 0 Å². The Bertz CT molecular complexity index is 811. The predicted molar refractivity (Wildman–Crippen MR) is 101 cm³/mol. The van der Waals surface area contributed by atoms with Gasteiger partial charge < -0.3 is 4.74 Å². The summed E-state index contributed by atoms with van der Waals surface area (Å²) < 4.78 is 6.63. The number of hydrogen-bond acceptors (Lipinski definition) is 5. The van der Waals surface area contributed by atoms with Crippen LogP contribution < -0.4 is 0 Å². The van der Waals surface area contributed by atoms with Crippen molar-refractivity contribution in [1.82, 2.24) is 9.78 Å². The molecule has 1 aliphatic carbocycles. The standard InChI is InChI=1S/C20H25N3O4/c1-27-20(24)10-4-2-3-8-18-17-7-5-6-9-19(17)22(21-18)15-11-13-16(14-12-15)23(25)26/h11-14H,2-10H2,1H3. The Hall–Kier alpha value is -2.70. The van der Waals surface area contributed by atoms with Gasteiger partial charge in [-0.2, -0.15) is 5.10 Å². The van der Waals surface area contributed by atoms with E-state index < -0.39 is 0 Å². The van der Waals surface area contributed by atoms with Crippen molar-refractivity contribution in [2.45, 2.75) is 57.8 Å². The first-order valence-electron chi connectivity index (χ1n) is 9.51. The van der Waals surface area contributed by atoms with E-state index in [0.29, 0.717) is 6.42 Å². The number of benzene rings is 1. The van der Waals surface area contributed by atoms with Crippen LogP contribution in [0.3, 0.4) is 0 Å². The normalized spacial score (nSPS) is 13.2. The number of aromatic nitrogens is 2. The average molecular weight is 371 g/mol. The minimum Gasteiger partial charge on any atom is -0.469 e. The van der Waals surface area contributed by atoms with Crippen molar-refractivity contribution in [2.24, 2.45) is 0 Å². The van der Waals surface area contributed by atoms with Gasteiger partial charge in [-0.1, -0.05) is 6.42 Å². The Morgan fingerprint density at radius 1 is 1.19 bits per heavy atom. The van der Waals surface area contributed by atoms with Gasteiger partial charge in [0, 0.05) is 24.2 Å². The molecule has 0 fully saturated rings. The van der Waals surface area contributed by atoms with Crippen molar-refractivity contribution < 1.29 is 14.5 Å². The summed E-state index contributed by atoms with van der Waals surface area (Å²) in [6, 6.07) is 6.58. The summed E-state index contributed by atoms with van der Waals surface area (Å²) >= 11 is 0. The number of nitrogens with zero attached hydrogens (tertiary/aromatic N) is 3. The van der Waals surface area contributed by atoms with E-state index in [1.165, 1.54) is 36.9 Å². The molecular formula is C20H25N3O4. The number of nitro groups is 1. The van der Waals surface area contributed by atoms with E-state index in [1.807, 2.05) is 4.68 Å². The van der Waals surface area contributed by atoms with Crippen LogP contribution in [0.1, 0.15) is 55.5 Å². The number of carbonyl (C=O) groups is 1. The lowest BCUT2D eigenvalue weighted by molar-refractivity contribution is -0.384. The molecule has 144 valence electrons. The zero-order valence-electron chi connectivity index (χ0n) is 15.6. The maximum absolute atomic E-state index is 11.2. The van der Waals surface area contributed by atoms with E-state index >= 15 is 0 Å². The second-order valence-corrected chi connectivity index (χ2v) is 6.90. The maximum Gasteiger partial charge on any atom is 0.305 e. The van der Waals surface area contributed by atoms with Crippen LogP contribution in [0.4, 0.5) is 5.69 Å². The van der Waals surface area contributed by atoms with Gasteiger partial charge in [0.25, 0.3) is 5.69 Å². The Labute approximate surface area is 158 Å². The number of ether oxygens (including phenoxy) is 1. The molecule has 0 N–H and O–H groups in total. The monoisotopic (exact) mass is 371 g/mol.